The number of para-hydroxylation sites is 1. The minimum absolute atomic E-state index is 0.322. The van der Waals surface area contributed by atoms with Gasteiger partial charge in [0.1, 0.15) is 17.2 Å². The van der Waals surface area contributed by atoms with Crippen LogP contribution >= 0.6 is 0 Å². The van der Waals surface area contributed by atoms with Crippen molar-refractivity contribution in [2.75, 3.05) is 13.7 Å². The van der Waals surface area contributed by atoms with Crippen molar-refractivity contribution in [1.29, 1.82) is 0 Å². The zero-order valence-corrected chi connectivity index (χ0v) is 17.3. The molecular weight excluding hydrogens is 378 g/mol. The van der Waals surface area contributed by atoms with Gasteiger partial charge in [0, 0.05) is 18.5 Å². The Morgan fingerprint density at radius 2 is 2.07 bits per heavy atom. The number of hydrogen-bond acceptors (Lipinski definition) is 5. The number of pyridine rings is 1. The number of carbonyl (C=O) groups excluding carboxylic acids is 1. The first-order chi connectivity index (χ1) is 14.7. The van der Waals surface area contributed by atoms with Gasteiger partial charge in [-0.3, -0.25) is 4.98 Å². The Labute approximate surface area is 176 Å². The molecule has 0 saturated carbocycles. The first kappa shape index (κ1) is 20.0. The Hall–Kier alpha value is -3.34. The summed E-state index contributed by atoms with van der Waals surface area (Å²) in [4.78, 5) is 16.2. The van der Waals surface area contributed by atoms with E-state index in [9.17, 15) is 4.79 Å². The highest BCUT2D eigenvalue weighted by atomic mass is 16.5. The van der Waals surface area contributed by atoms with Crippen LogP contribution in [0.5, 0.6) is 17.2 Å². The average Bonchev–Trinajstić information content (AvgIpc) is 2.78. The van der Waals surface area contributed by atoms with Crippen molar-refractivity contribution in [3.63, 3.8) is 0 Å². The summed E-state index contributed by atoms with van der Waals surface area (Å²) in [6, 6.07) is 15.7. The van der Waals surface area contributed by atoms with Gasteiger partial charge >= 0.3 is 5.97 Å². The summed E-state index contributed by atoms with van der Waals surface area (Å²) in [6.07, 6.45) is 5.98. The van der Waals surface area contributed by atoms with E-state index < -0.39 is 0 Å². The quantitative estimate of drug-likeness (QED) is 0.511. The van der Waals surface area contributed by atoms with Gasteiger partial charge in [-0.25, -0.2) is 4.79 Å². The first-order valence-corrected chi connectivity index (χ1v) is 10.2. The second kappa shape index (κ2) is 8.99. The number of aryl methyl sites for hydroxylation is 2. The zero-order chi connectivity index (χ0) is 20.9. The lowest BCUT2D eigenvalue weighted by molar-refractivity contribution is 0.0599. The van der Waals surface area contributed by atoms with Crippen LogP contribution in [0, 0.1) is 6.92 Å². The zero-order valence-electron chi connectivity index (χ0n) is 17.3. The second-order valence-corrected chi connectivity index (χ2v) is 7.46. The molecule has 5 heteroatoms. The molecule has 0 spiro atoms. The van der Waals surface area contributed by atoms with E-state index in [4.69, 9.17) is 14.2 Å². The summed E-state index contributed by atoms with van der Waals surface area (Å²) in [6.45, 7) is 2.70. The molecule has 0 unspecified atom stereocenters. The van der Waals surface area contributed by atoms with Crippen molar-refractivity contribution in [3.05, 3.63) is 83.2 Å². The van der Waals surface area contributed by atoms with E-state index in [2.05, 4.69) is 11.1 Å². The molecule has 0 N–H and O–H groups in total. The van der Waals surface area contributed by atoms with Crippen LogP contribution in [0.15, 0.2) is 60.9 Å². The van der Waals surface area contributed by atoms with Crippen molar-refractivity contribution < 1.29 is 19.0 Å². The third-order valence-corrected chi connectivity index (χ3v) is 5.54. The molecule has 30 heavy (non-hydrogen) atoms. The predicted molar refractivity (Wildman–Crippen MR) is 114 cm³/mol. The van der Waals surface area contributed by atoms with Crippen LogP contribution in [0.4, 0.5) is 0 Å². The third-order valence-electron chi connectivity index (χ3n) is 5.54. The van der Waals surface area contributed by atoms with Crippen molar-refractivity contribution in [2.45, 2.75) is 32.1 Å². The van der Waals surface area contributed by atoms with E-state index >= 15 is 0 Å². The Kier molecular flexibility index (Phi) is 5.98. The largest absolute Gasteiger partial charge is 0.493 e. The van der Waals surface area contributed by atoms with Gasteiger partial charge in [0.15, 0.2) is 0 Å². The molecule has 0 saturated heterocycles. The van der Waals surface area contributed by atoms with Crippen LogP contribution < -0.4 is 9.47 Å². The standard InChI is InChI=1S/C25H25NO4/c1-17-5-3-4-6-23(17)30-20-9-10-21-18(12-14-29-24(21)15-20)7-8-19-16-26-13-11-22(19)25(27)28-2/h3-6,9-11,13,15-16,18H,7-8,12,14H2,1-2H3/t18-/m0/s1. The molecule has 1 atom stereocenters. The number of aromatic nitrogens is 1. The minimum atomic E-state index is -0.322. The van der Waals surface area contributed by atoms with Crippen LogP contribution in [-0.4, -0.2) is 24.7 Å². The fourth-order valence-electron chi connectivity index (χ4n) is 3.87. The summed E-state index contributed by atoms with van der Waals surface area (Å²) in [5, 5.41) is 0. The molecule has 3 aromatic rings. The van der Waals surface area contributed by atoms with Crippen molar-refractivity contribution in [3.8, 4) is 17.2 Å². The molecule has 0 bridgehead atoms. The monoisotopic (exact) mass is 403 g/mol. The van der Waals surface area contributed by atoms with Crippen molar-refractivity contribution >= 4 is 5.97 Å². The number of rotatable bonds is 6. The summed E-state index contributed by atoms with van der Waals surface area (Å²) in [7, 11) is 1.40. The lowest BCUT2D eigenvalue weighted by Crippen LogP contribution is -2.15. The number of ether oxygens (including phenoxy) is 3. The summed E-state index contributed by atoms with van der Waals surface area (Å²) in [5.41, 5.74) is 3.77. The molecule has 1 aromatic heterocycles. The smallest absolute Gasteiger partial charge is 0.338 e. The number of nitrogens with zero attached hydrogens (tertiary/aromatic N) is 1. The highest BCUT2D eigenvalue weighted by molar-refractivity contribution is 5.90. The second-order valence-electron chi connectivity index (χ2n) is 7.46. The van der Waals surface area contributed by atoms with Crippen LogP contribution in [0.2, 0.25) is 0 Å². The van der Waals surface area contributed by atoms with E-state index in [1.165, 1.54) is 12.7 Å². The maximum absolute atomic E-state index is 12.0. The molecular formula is C25H25NO4. The molecule has 1 aliphatic heterocycles. The maximum atomic E-state index is 12.0. The number of hydrogen-bond donors (Lipinski definition) is 0. The Bertz CT molecular complexity index is 1050. The molecule has 0 radical (unpaired) electrons. The van der Waals surface area contributed by atoms with Gasteiger partial charge in [-0.2, -0.15) is 0 Å². The lowest BCUT2D eigenvalue weighted by Gasteiger charge is -2.26. The summed E-state index contributed by atoms with van der Waals surface area (Å²) >= 11 is 0. The van der Waals surface area contributed by atoms with Crippen molar-refractivity contribution in [1.82, 2.24) is 4.98 Å². The fraction of sp³-hybridized carbons (Fsp3) is 0.280. The normalized spacial score (nSPS) is 15.1. The molecule has 0 fully saturated rings. The molecule has 2 aromatic carbocycles. The van der Waals surface area contributed by atoms with Crippen molar-refractivity contribution in [2.24, 2.45) is 0 Å². The fourth-order valence-corrected chi connectivity index (χ4v) is 3.87. The van der Waals surface area contributed by atoms with E-state index in [0.29, 0.717) is 18.1 Å². The van der Waals surface area contributed by atoms with Gasteiger partial charge in [-0.15, -0.1) is 0 Å². The van der Waals surface area contributed by atoms with Gasteiger partial charge < -0.3 is 14.2 Å². The van der Waals surface area contributed by atoms with E-state index in [1.807, 2.05) is 43.3 Å². The number of fused-ring (bicyclic) bond motifs is 1. The highest BCUT2D eigenvalue weighted by Crippen LogP contribution is 2.39. The van der Waals surface area contributed by atoms with Gasteiger partial charge in [0.05, 0.1) is 19.3 Å². The molecule has 1 aliphatic rings. The number of benzene rings is 2. The number of methoxy groups -OCH3 is 1. The van der Waals surface area contributed by atoms with Crippen LogP contribution in [0.3, 0.4) is 0 Å². The first-order valence-electron chi connectivity index (χ1n) is 10.2. The third kappa shape index (κ3) is 4.30. The Balaban J connectivity index is 1.50. The summed E-state index contributed by atoms with van der Waals surface area (Å²) in [5.74, 6) is 2.52. The maximum Gasteiger partial charge on any atom is 0.338 e. The lowest BCUT2D eigenvalue weighted by atomic mass is 9.87. The van der Waals surface area contributed by atoms with Crippen LogP contribution in [0.25, 0.3) is 0 Å². The SMILES string of the molecule is COC(=O)c1ccncc1CC[C@H]1CCOc2cc(Oc3ccccc3C)ccc21. The summed E-state index contributed by atoms with van der Waals surface area (Å²) < 4.78 is 16.9. The van der Waals surface area contributed by atoms with E-state index in [-0.39, 0.29) is 5.97 Å². The average molecular weight is 403 g/mol. The highest BCUT2D eigenvalue weighted by Gasteiger charge is 2.23. The van der Waals surface area contributed by atoms with Crippen LogP contribution in [0.1, 0.15) is 45.8 Å². The molecule has 2 heterocycles. The molecule has 4 rings (SSSR count). The van der Waals surface area contributed by atoms with Gasteiger partial charge in [0.25, 0.3) is 0 Å². The Morgan fingerprint density at radius 1 is 1.20 bits per heavy atom. The topological polar surface area (TPSA) is 57.7 Å². The Morgan fingerprint density at radius 3 is 2.90 bits per heavy atom. The minimum Gasteiger partial charge on any atom is -0.493 e. The number of carbonyl (C=O) groups is 1. The van der Waals surface area contributed by atoms with Gasteiger partial charge in [-0.1, -0.05) is 24.3 Å². The number of esters is 1. The molecule has 0 aliphatic carbocycles. The van der Waals surface area contributed by atoms with Gasteiger partial charge in [-0.05, 0) is 67.0 Å². The van der Waals surface area contributed by atoms with Crippen LogP contribution in [-0.2, 0) is 11.2 Å². The molecule has 5 nitrogen and oxygen atoms in total. The molecule has 0 amide bonds. The molecule has 154 valence electrons. The van der Waals surface area contributed by atoms with E-state index in [1.54, 1.807) is 18.5 Å². The van der Waals surface area contributed by atoms with Gasteiger partial charge in [0.2, 0.25) is 0 Å². The van der Waals surface area contributed by atoms with E-state index in [0.717, 1.165) is 47.6 Å². The predicted octanol–water partition coefficient (Wildman–Crippen LogP) is 5.47.